The van der Waals surface area contributed by atoms with Gasteiger partial charge in [0.2, 0.25) is 0 Å². The van der Waals surface area contributed by atoms with Crippen molar-refractivity contribution in [1.29, 1.82) is 0 Å². The zero-order valence-corrected chi connectivity index (χ0v) is 8.59. The molecule has 2 aliphatic rings. The summed E-state index contributed by atoms with van der Waals surface area (Å²) in [4.78, 5) is 0. The lowest BCUT2D eigenvalue weighted by atomic mass is 9.70. The molecule has 1 saturated heterocycles. The molecule has 0 bridgehead atoms. The maximum Gasteiger partial charge on any atom is 0.0512 e. The van der Waals surface area contributed by atoms with Crippen LogP contribution >= 0.6 is 0 Å². The minimum Gasteiger partial charge on any atom is -0.381 e. The largest absolute Gasteiger partial charge is 0.381 e. The number of ether oxygens (including phenoxy) is 1. The monoisotopic (exact) mass is 183 g/mol. The van der Waals surface area contributed by atoms with Crippen LogP contribution in [0.3, 0.4) is 0 Å². The first-order chi connectivity index (χ1) is 6.21. The maximum atomic E-state index is 6.47. The van der Waals surface area contributed by atoms with Gasteiger partial charge in [0, 0.05) is 18.1 Å². The van der Waals surface area contributed by atoms with Gasteiger partial charge in [-0.1, -0.05) is 19.8 Å². The molecule has 0 amide bonds. The normalized spacial score (nSPS) is 46.6. The van der Waals surface area contributed by atoms with Crippen molar-refractivity contribution < 1.29 is 4.74 Å². The van der Waals surface area contributed by atoms with Crippen molar-refractivity contribution in [3.05, 3.63) is 0 Å². The van der Waals surface area contributed by atoms with E-state index in [1.165, 1.54) is 32.1 Å². The molecule has 0 aromatic carbocycles. The van der Waals surface area contributed by atoms with Gasteiger partial charge in [-0.15, -0.1) is 0 Å². The van der Waals surface area contributed by atoms with E-state index >= 15 is 0 Å². The van der Waals surface area contributed by atoms with Gasteiger partial charge in [0.25, 0.3) is 0 Å². The summed E-state index contributed by atoms with van der Waals surface area (Å²) in [7, 11) is 0. The Hall–Kier alpha value is -0.0800. The van der Waals surface area contributed by atoms with Crippen LogP contribution < -0.4 is 5.73 Å². The molecular weight excluding hydrogens is 162 g/mol. The number of nitrogens with two attached hydrogens (primary N) is 1. The molecule has 13 heavy (non-hydrogen) atoms. The van der Waals surface area contributed by atoms with Gasteiger partial charge in [-0.3, -0.25) is 0 Å². The molecule has 1 aliphatic carbocycles. The second kappa shape index (κ2) is 3.58. The standard InChI is InChI=1S/C11H21NO/c1-9-3-2-5-11(12,7-9)10-4-6-13-8-10/h9-10H,2-8,12H2,1H3. The minimum atomic E-state index is 0.105. The van der Waals surface area contributed by atoms with E-state index in [-0.39, 0.29) is 5.54 Å². The third-order valence-corrected chi connectivity index (χ3v) is 3.81. The highest BCUT2D eigenvalue weighted by Crippen LogP contribution is 2.38. The Morgan fingerprint density at radius 3 is 2.85 bits per heavy atom. The first-order valence-electron chi connectivity index (χ1n) is 5.57. The molecule has 2 fully saturated rings. The van der Waals surface area contributed by atoms with Crippen LogP contribution in [0, 0.1) is 11.8 Å². The Morgan fingerprint density at radius 1 is 1.38 bits per heavy atom. The van der Waals surface area contributed by atoms with E-state index in [2.05, 4.69) is 6.92 Å². The van der Waals surface area contributed by atoms with Gasteiger partial charge >= 0.3 is 0 Å². The summed E-state index contributed by atoms with van der Waals surface area (Å²) in [6, 6.07) is 0. The summed E-state index contributed by atoms with van der Waals surface area (Å²) in [5.74, 6) is 1.45. The molecule has 1 saturated carbocycles. The predicted octanol–water partition coefficient (Wildman–Crippen LogP) is 1.93. The number of rotatable bonds is 1. The Labute approximate surface area is 80.8 Å². The fourth-order valence-corrected chi connectivity index (χ4v) is 2.99. The van der Waals surface area contributed by atoms with Gasteiger partial charge in [0.05, 0.1) is 6.61 Å². The lowest BCUT2D eigenvalue weighted by molar-refractivity contribution is 0.126. The van der Waals surface area contributed by atoms with Gasteiger partial charge in [-0.25, -0.2) is 0 Å². The van der Waals surface area contributed by atoms with Gasteiger partial charge in [-0.2, -0.15) is 0 Å². The lowest BCUT2D eigenvalue weighted by Crippen LogP contribution is -2.50. The predicted molar refractivity (Wildman–Crippen MR) is 53.5 cm³/mol. The van der Waals surface area contributed by atoms with E-state index < -0.39 is 0 Å². The van der Waals surface area contributed by atoms with Crippen molar-refractivity contribution >= 4 is 0 Å². The molecule has 2 rings (SSSR count). The van der Waals surface area contributed by atoms with E-state index in [9.17, 15) is 0 Å². The Balaban J connectivity index is 2.00. The van der Waals surface area contributed by atoms with Gasteiger partial charge in [0.1, 0.15) is 0 Å². The lowest BCUT2D eigenvalue weighted by Gasteiger charge is -2.40. The Morgan fingerprint density at radius 2 is 2.23 bits per heavy atom. The van der Waals surface area contributed by atoms with Crippen LogP contribution in [-0.2, 0) is 4.74 Å². The van der Waals surface area contributed by atoms with Crippen molar-refractivity contribution in [3.8, 4) is 0 Å². The number of hydrogen-bond acceptors (Lipinski definition) is 2. The second-order valence-corrected chi connectivity index (χ2v) is 5.00. The van der Waals surface area contributed by atoms with E-state index in [0.717, 1.165) is 19.1 Å². The topological polar surface area (TPSA) is 35.2 Å². The molecule has 76 valence electrons. The van der Waals surface area contributed by atoms with Crippen LogP contribution in [0.1, 0.15) is 39.0 Å². The minimum absolute atomic E-state index is 0.105. The SMILES string of the molecule is CC1CCCC(N)(C2CCOC2)C1. The van der Waals surface area contributed by atoms with Gasteiger partial charge in [-0.05, 0) is 25.2 Å². The molecule has 0 spiro atoms. The molecule has 0 aromatic heterocycles. The summed E-state index contributed by atoms with van der Waals surface area (Å²) in [5.41, 5.74) is 6.58. The summed E-state index contributed by atoms with van der Waals surface area (Å²) < 4.78 is 5.43. The quantitative estimate of drug-likeness (QED) is 0.674. The highest BCUT2D eigenvalue weighted by atomic mass is 16.5. The average molecular weight is 183 g/mol. The first-order valence-corrected chi connectivity index (χ1v) is 5.57. The summed E-state index contributed by atoms with van der Waals surface area (Å²) in [6.45, 7) is 4.16. The fourth-order valence-electron chi connectivity index (χ4n) is 2.99. The summed E-state index contributed by atoms with van der Waals surface area (Å²) in [6.07, 6.45) is 6.29. The van der Waals surface area contributed by atoms with Crippen LogP contribution in [0.5, 0.6) is 0 Å². The smallest absolute Gasteiger partial charge is 0.0512 e. The molecular formula is C11H21NO. The first kappa shape index (κ1) is 9.47. The van der Waals surface area contributed by atoms with Crippen molar-refractivity contribution in [2.75, 3.05) is 13.2 Å². The third-order valence-electron chi connectivity index (χ3n) is 3.81. The molecule has 2 nitrogen and oxygen atoms in total. The molecule has 3 atom stereocenters. The van der Waals surface area contributed by atoms with Gasteiger partial charge < -0.3 is 10.5 Å². The molecule has 2 heteroatoms. The van der Waals surface area contributed by atoms with Crippen molar-refractivity contribution in [2.24, 2.45) is 17.6 Å². The zero-order valence-electron chi connectivity index (χ0n) is 8.59. The summed E-state index contributed by atoms with van der Waals surface area (Å²) >= 11 is 0. The Kier molecular flexibility index (Phi) is 2.61. The highest BCUT2D eigenvalue weighted by Gasteiger charge is 2.39. The van der Waals surface area contributed by atoms with Crippen LogP contribution in [0.2, 0.25) is 0 Å². The molecule has 2 N–H and O–H groups in total. The summed E-state index contributed by atoms with van der Waals surface area (Å²) in [5, 5.41) is 0. The number of hydrogen-bond donors (Lipinski definition) is 1. The molecule has 3 unspecified atom stereocenters. The molecule has 0 aromatic rings. The van der Waals surface area contributed by atoms with E-state index in [0.29, 0.717) is 5.92 Å². The van der Waals surface area contributed by atoms with Crippen LogP contribution in [0.25, 0.3) is 0 Å². The fraction of sp³-hybridized carbons (Fsp3) is 1.00. The van der Waals surface area contributed by atoms with Crippen LogP contribution in [0.15, 0.2) is 0 Å². The average Bonchev–Trinajstić information content (AvgIpc) is 2.55. The van der Waals surface area contributed by atoms with Crippen molar-refractivity contribution in [2.45, 2.75) is 44.6 Å². The zero-order chi connectivity index (χ0) is 9.31. The molecule has 0 radical (unpaired) electrons. The highest BCUT2D eigenvalue weighted by molar-refractivity contribution is 4.96. The van der Waals surface area contributed by atoms with Crippen LogP contribution in [0.4, 0.5) is 0 Å². The van der Waals surface area contributed by atoms with Gasteiger partial charge in [0.15, 0.2) is 0 Å². The van der Waals surface area contributed by atoms with E-state index in [1.54, 1.807) is 0 Å². The molecule has 1 heterocycles. The second-order valence-electron chi connectivity index (χ2n) is 5.00. The third kappa shape index (κ3) is 1.89. The van der Waals surface area contributed by atoms with Crippen LogP contribution in [-0.4, -0.2) is 18.8 Å². The van der Waals surface area contributed by atoms with Crippen molar-refractivity contribution in [1.82, 2.24) is 0 Å². The maximum absolute atomic E-state index is 6.47. The van der Waals surface area contributed by atoms with Crippen molar-refractivity contribution in [3.63, 3.8) is 0 Å². The molecule has 1 aliphatic heterocycles. The van der Waals surface area contributed by atoms with E-state index in [4.69, 9.17) is 10.5 Å². The Bertz CT molecular complexity index is 177. The van der Waals surface area contributed by atoms with E-state index in [1.807, 2.05) is 0 Å².